The Morgan fingerprint density at radius 1 is 0.905 bits per heavy atom. The van der Waals surface area contributed by atoms with Gasteiger partial charge in [0.25, 0.3) is 0 Å². The third kappa shape index (κ3) is 2.04. The van der Waals surface area contributed by atoms with Crippen LogP contribution in [0.1, 0.15) is 31.9 Å². The second-order valence-electron chi connectivity index (χ2n) is 7.51. The monoisotopic (exact) mass is 291 g/mol. The maximum absolute atomic E-state index is 9.16. The molecule has 0 bridgehead atoms. The zero-order valence-corrected chi connectivity index (χ0v) is 14.4. The topological polar surface area (TPSA) is 23.8 Å². The molecule has 2 heteroatoms. The summed E-state index contributed by atoms with van der Waals surface area (Å²) in [6.07, 6.45) is 0. The Hall–Kier alpha value is -1.85. The Morgan fingerprint density at radius 3 is 2.24 bits per heavy atom. The van der Waals surface area contributed by atoms with E-state index in [4.69, 9.17) is 5.26 Å². The average molecular weight is 291 g/mol. The van der Waals surface area contributed by atoms with Gasteiger partial charge in [-0.1, -0.05) is 58.1 Å². The highest BCUT2D eigenvalue weighted by molar-refractivity contribution is 7.03. The largest absolute Gasteiger partial charge is 0.192 e. The maximum atomic E-state index is 9.16. The standard InChI is InChI=1S/C19H21NSi/c1-19(2,3)14-7-8-15-16-10-13(12-20)6-9-17(16)21(4,5)18(15)11-14/h6-11H,1-5H3. The van der Waals surface area contributed by atoms with E-state index in [0.29, 0.717) is 0 Å². The van der Waals surface area contributed by atoms with Crippen LogP contribution in [0, 0.1) is 11.3 Å². The summed E-state index contributed by atoms with van der Waals surface area (Å²) in [4.78, 5) is 0. The van der Waals surface area contributed by atoms with Gasteiger partial charge >= 0.3 is 0 Å². The van der Waals surface area contributed by atoms with Crippen molar-refractivity contribution in [2.75, 3.05) is 0 Å². The molecule has 0 radical (unpaired) electrons. The van der Waals surface area contributed by atoms with E-state index in [1.54, 1.807) is 0 Å². The molecule has 2 aromatic rings. The van der Waals surface area contributed by atoms with E-state index in [1.807, 2.05) is 6.07 Å². The van der Waals surface area contributed by atoms with Crippen molar-refractivity contribution in [1.82, 2.24) is 0 Å². The van der Waals surface area contributed by atoms with Crippen molar-refractivity contribution >= 4 is 18.4 Å². The molecule has 21 heavy (non-hydrogen) atoms. The van der Waals surface area contributed by atoms with E-state index < -0.39 is 8.07 Å². The quantitative estimate of drug-likeness (QED) is 0.680. The molecular formula is C19H21NSi. The molecule has 0 atom stereocenters. The van der Waals surface area contributed by atoms with Gasteiger partial charge < -0.3 is 0 Å². The fourth-order valence-corrected chi connectivity index (χ4v) is 6.37. The second kappa shape index (κ2) is 4.32. The third-order valence-electron chi connectivity index (χ3n) is 4.67. The number of rotatable bonds is 0. The summed E-state index contributed by atoms with van der Waals surface area (Å²) in [5.41, 5.74) is 4.95. The van der Waals surface area contributed by atoms with Gasteiger partial charge in [-0.05, 0) is 44.6 Å². The van der Waals surface area contributed by atoms with Gasteiger partial charge in [0, 0.05) is 0 Å². The van der Waals surface area contributed by atoms with Crippen molar-refractivity contribution in [2.24, 2.45) is 0 Å². The van der Waals surface area contributed by atoms with Gasteiger partial charge in [0.15, 0.2) is 0 Å². The van der Waals surface area contributed by atoms with Gasteiger partial charge in [-0.3, -0.25) is 0 Å². The molecule has 2 aromatic carbocycles. The van der Waals surface area contributed by atoms with E-state index in [1.165, 1.54) is 27.1 Å². The first-order chi connectivity index (χ1) is 9.75. The van der Waals surface area contributed by atoms with Crippen LogP contribution in [0.15, 0.2) is 36.4 Å². The van der Waals surface area contributed by atoms with Crippen molar-refractivity contribution < 1.29 is 0 Å². The lowest BCUT2D eigenvalue weighted by atomic mass is 9.86. The molecule has 0 aromatic heterocycles. The minimum absolute atomic E-state index is 0.173. The van der Waals surface area contributed by atoms with Crippen LogP contribution in [-0.2, 0) is 5.41 Å². The minimum atomic E-state index is -1.64. The maximum Gasteiger partial charge on any atom is 0.113 e. The first-order valence-corrected chi connectivity index (χ1v) is 10.4. The number of hydrogen-bond donors (Lipinski definition) is 0. The predicted molar refractivity (Wildman–Crippen MR) is 92.0 cm³/mol. The molecule has 106 valence electrons. The zero-order valence-electron chi connectivity index (χ0n) is 13.4. The first kappa shape index (κ1) is 14.1. The SMILES string of the molecule is CC(C)(C)c1ccc2c(c1)[Si](C)(C)c1ccc(C#N)cc1-2. The highest BCUT2D eigenvalue weighted by Gasteiger charge is 2.38. The number of benzene rings is 2. The van der Waals surface area contributed by atoms with Crippen LogP contribution >= 0.6 is 0 Å². The van der Waals surface area contributed by atoms with Crippen LogP contribution in [0.5, 0.6) is 0 Å². The van der Waals surface area contributed by atoms with E-state index in [-0.39, 0.29) is 5.41 Å². The lowest BCUT2D eigenvalue weighted by Crippen LogP contribution is -2.49. The van der Waals surface area contributed by atoms with E-state index in [2.05, 4.69) is 70.3 Å². The molecular weight excluding hydrogens is 270 g/mol. The Bertz CT molecular complexity index is 773. The molecule has 0 spiro atoms. The van der Waals surface area contributed by atoms with Crippen LogP contribution < -0.4 is 10.4 Å². The minimum Gasteiger partial charge on any atom is -0.192 e. The predicted octanol–water partition coefficient (Wildman–Crippen LogP) is 3.66. The third-order valence-corrected chi connectivity index (χ3v) is 8.21. The van der Waals surface area contributed by atoms with Crippen LogP contribution in [0.2, 0.25) is 13.1 Å². The zero-order chi connectivity index (χ0) is 15.4. The van der Waals surface area contributed by atoms with Gasteiger partial charge in [0.1, 0.15) is 8.07 Å². The molecule has 1 aliphatic rings. The van der Waals surface area contributed by atoms with Crippen molar-refractivity contribution in [1.29, 1.82) is 5.26 Å². The lowest BCUT2D eigenvalue weighted by molar-refractivity contribution is 0.591. The molecule has 3 rings (SSSR count). The van der Waals surface area contributed by atoms with Crippen molar-refractivity contribution in [2.45, 2.75) is 39.3 Å². The second-order valence-corrected chi connectivity index (χ2v) is 11.8. The summed E-state index contributed by atoms with van der Waals surface area (Å²) in [6.45, 7) is 11.6. The van der Waals surface area contributed by atoms with Crippen LogP contribution in [0.4, 0.5) is 0 Å². The highest BCUT2D eigenvalue weighted by atomic mass is 28.3. The van der Waals surface area contributed by atoms with Crippen molar-refractivity contribution in [3.05, 3.63) is 47.5 Å². The fraction of sp³-hybridized carbons (Fsp3) is 0.316. The molecule has 1 aliphatic heterocycles. The van der Waals surface area contributed by atoms with Gasteiger partial charge in [0.2, 0.25) is 0 Å². The van der Waals surface area contributed by atoms with Crippen LogP contribution in [-0.4, -0.2) is 8.07 Å². The molecule has 1 nitrogen and oxygen atoms in total. The van der Waals surface area contributed by atoms with Crippen molar-refractivity contribution in [3.8, 4) is 17.2 Å². The Morgan fingerprint density at radius 2 is 1.62 bits per heavy atom. The molecule has 0 N–H and O–H groups in total. The van der Waals surface area contributed by atoms with E-state index in [9.17, 15) is 0 Å². The van der Waals surface area contributed by atoms with Gasteiger partial charge in [-0.2, -0.15) is 5.26 Å². The summed E-state index contributed by atoms with van der Waals surface area (Å²) < 4.78 is 0. The summed E-state index contributed by atoms with van der Waals surface area (Å²) in [5.74, 6) is 0. The number of nitriles is 1. The van der Waals surface area contributed by atoms with Crippen LogP contribution in [0.25, 0.3) is 11.1 Å². The summed E-state index contributed by atoms with van der Waals surface area (Å²) in [6, 6.07) is 15.4. The van der Waals surface area contributed by atoms with Gasteiger partial charge in [-0.15, -0.1) is 0 Å². The highest BCUT2D eigenvalue weighted by Crippen LogP contribution is 2.32. The fourth-order valence-electron chi connectivity index (χ4n) is 3.29. The van der Waals surface area contributed by atoms with Gasteiger partial charge in [0.05, 0.1) is 11.6 Å². The Kier molecular flexibility index (Phi) is 2.90. The molecule has 0 amide bonds. The molecule has 1 heterocycles. The summed E-state index contributed by atoms with van der Waals surface area (Å²) in [7, 11) is -1.64. The summed E-state index contributed by atoms with van der Waals surface area (Å²) >= 11 is 0. The summed E-state index contributed by atoms with van der Waals surface area (Å²) in [5, 5.41) is 12.1. The molecule has 0 fully saturated rings. The number of nitrogens with zero attached hydrogens (tertiary/aromatic N) is 1. The van der Waals surface area contributed by atoms with E-state index in [0.717, 1.165) is 5.56 Å². The lowest BCUT2D eigenvalue weighted by Gasteiger charge is -2.23. The first-order valence-electron chi connectivity index (χ1n) is 7.45. The van der Waals surface area contributed by atoms with E-state index >= 15 is 0 Å². The Labute approximate surface area is 128 Å². The smallest absolute Gasteiger partial charge is 0.113 e. The average Bonchev–Trinajstić information content (AvgIpc) is 2.66. The number of hydrogen-bond acceptors (Lipinski definition) is 1. The van der Waals surface area contributed by atoms with Crippen molar-refractivity contribution in [3.63, 3.8) is 0 Å². The van der Waals surface area contributed by atoms with Gasteiger partial charge in [-0.25, -0.2) is 0 Å². The molecule has 0 aliphatic carbocycles. The molecule has 0 saturated carbocycles. The Balaban J connectivity index is 2.28. The molecule has 0 unspecified atom stereocenters. The normalized spacial score (nSPS) is 15.2. The van der Waals surface area contributed by atoms with Crippen LogP contribution in [0.3, 0.4) is 0 Å². The number of fused-ring (bicyclic) bond motifs is 3. The molecule has 0 saturated heterocycles.